The molecule has 0 saturated heterocycles. The Morgan fingerprint density at radius 3 is 2.58 bits per heavy atom. The van der Waals surface area contributed by atoms with Crippen LogP contribution in [0.2, 0.25) is 0 Å². The Hall–Kier alpha value is -2.26. The summed E-state index contributed by atoms with van der Waals surface area (Å²) in [5, 5.41) is 18.4. The van der Waals surface area contributed by atoms with Crippen LogP contribution in [0.5, 0.6) is 0 Å². The van der Waals surface area contributed by atoms with Gasteiger partial charge in [-0.1, -0.05) is 25.8 Å². The minimum absolute atomic E-state index is 0.310. The molecule has 0 fully saturated rings. The number of nitriles is 2. The van der Waals surface area contributed by atoms with Gasteiger partial charge in [-0.05, 0) is 36.5 Å². The molecule has 1 aromatic rings. The molecule has 1 aromatic carbocycles. The number of anilines is 1. The normalized spacial score (nSPS) is 9.63. The van der Waals surface area contributed by atoms with Crippen LogP contribution >= 0.6 is 0 Å². The van der Waals surface area contributed by atoms with E-state index in [4.69, 9.17) is 11.0 Å². The predicted octanol–water partition coefficient (Wildman–Crippen LogP) is 3.47. The van der Waals surface area contributed by atoms with Crippen LogP contribution in [0.4, 0.5) is 5.69 Å². The molecule has 98 valence electrons. The van der Waals surface area contributed by atoms with Gasteiger partial charge in [-0.3, -0.25) is 0 Å². The minimum atomic E-state index is 0.310. The summed E-state index contributed by atoms with van der Waals surface area (Å²) < 4.78 is 0. The summed E-state index contributed by atoms with van der Waals surface area (Å²) in [6.45, 7) is 5.87. The monoisotopic (exact) mass is 253 g/mol. The maximum atomic E-state index is 9.30. The van der Waals surface area contributed by atoms with Gasteiger partial charge in [0.15, 0.2) is 0 Å². The van der Waals surface area contributed by atoms with Gasteiger partial charge in [-0.15, -0.1) is 6.58 Å². The van der Waals surface area contributed by atoms with Crippen LogP contribution in [0.25, 0.3) is 0 Å². The number of hydrogen-bond donors (Lipinski definition) is 1. The summed E-state index contributed by atoms with van der Waals surface area (Å²) in [6.07, 6.45) is 6.56. The van der Waals surface area contributed by atoms with Gasteiger partial charge in [0, 0.05) is 0 Å². The summed E-state index contributed by atoms with van der Waals surface area (Å²) in [5.74, 6) is 0. The van der Waals surface area contributed by atoms with Crippen molar-refractivity contribution in [2.45, 2.75) is 39.0 Å². The molecule has 0 aliphatic carbocycles. The third-order valence-corrected chi connectivity index (χ3v) is 3.19. The average Bonchev–Trinajstić information content (AvgIpc) is 2.42. The highest BCUT2D eigenvalue weighted by molar-refractivity contribution is 5.68. The summed E-state index contributed by atoms with van der Waals surface area (Å²) in [4.78, 5) is 0. The Morgan fingerprint density at radius 2 is 2.05 bits per heavy atom. The van der Waals surface area contributed by atoms with Crippen LogP contribution in [-0.2, 0) is 12.8 Å². The Morgan fingerprint density at radius 1 is 1.32 bits per heavy atom. The molecule has 0 aliphatic heterocycles. The fourth-order valence-corrected chi connectivity index (χ4v) is 2.19. The quantitative estimate of drug-likeness (QED) is 0.479. The number of allylic oxidation sites excluding steroid dienone is 1. The smallest absolute Gasteiger partial charge is 0.102 e. The minimum Gasteiger partial charge on any atom is -0.397 e. The third kappa shape index (κ3) is 3.36. The third-order valence-electron chi connectivity index (χ3n) is 3.19. The van der Waals surface area contributed by atoms with Crippen molar-refractivity contribution >= 4 is 5.69 Å². The number of benzene rings is 1. The van der Waals surface area contributed by atoms with Crippen molar-refractivity contribution in [3.8, 4) is 12.1 Å². The van der Waals surface area contributed by atoms with Crippen LogP contribution in [0.15, 0.2) is 18.7 Å². The number of nitrogens with two attached hydrogens (primary N) is 1. The molecule has 0 radical (unpaired) electrons. The molecule has 2 N–H and O–H groups in total. The maximum absolute atomic E-state index is 9.30. The van der Waals surface area contributed by atoms with Crippen molar-refractivity contribution in [3.05, 3.63) is 41.0 Å². The fraction of sp³-hybridized carbons (Fsp3) is 0.375. The zero-order valence-electron chi connectivity index (χ0n) is 11.4. The number of hydrogen-bond acceptors (Lipinski definition) is 3. The zero-order chi connectivity index (χ0) is 14.3. The van der Waals surface area contributed by atoms with Crippen molar-refractivity contribution in [3.63, 3.8) is 0 Å². The van der Waals surface area contributed by atoms with Crippen LogP contribution in [0.3, 0.4) is 0 Å². The SMILES string of the molecule is C=CCc1cc(C#N)c(N)c(C#N)c1CCCCC. The van der Waals surface area contributed by atoms with E-state index in [1.54, 1.807) is 12.1 Å². The van der Waals surface area contributed by atoms with E-state index in [-0.39, 0.29) is 0 Å². The van der Waals surface area contributed by atoms with Crippen LogP contribution in [0, 0.1) is 22.7 Å². The molecule has 0 spiro atoms. The van der Waals surface area contributed by atoms with Crippen molar-refractivity contribution in [2.75, 3.05) is 5.73 Å². The Balaban J connectivity index is 3.31. The molecule has 19 heavy (non-hydrogen) atoms. The van der Waals surface area contributed by atoms with Gasteiger partial charge in [-0.2, -0.15) is 10.5 Å². The van der Waals surface area contributed by atoms with Crippen molar-refractivity contribution < 1.29 is 0 Å². The number of rotatable bonds is 6. The van der Waals surface area contributed by atoms with E-state index in [1.807, 2.05) is 0 Å². The molecule has 0 heterocycles. The van der Waals surface area contributed by atoms with Gasteiger partial charge in [0.25, 0.3) is 0 Å². The highest BCUT2D eigenvalue weighted by Crippen LogP contribution is 2.27. The first kappa shape index (κ1) is 14.8. The lowest BCUT2D eigenvalue weighted by Gasteiger charge is -2.13. The second-order valence-electron chi connectivity index (χ2n) is 4.52. The second-order valence-corrected chi connectivity index (χ2v) is 4.52. The van der Waals surface area contributed by atoms with Crippen molar-refractivity contribution in [1.29, 1.82) is 10.5 Å². The number of unbranched alkanes of at least 4 members (excludes halogenated alkanes) is 2. The van der Waals surface area contributed by atoms with E-state index in [0.29, 0.717) is 23.2 Å². The lowest BCUT2D eigenvalue weighted by Crippen LogP contribution is -2.05. The second kappa shape index (κ2) is 7.24. The molecule has 0 unspecified atom stereocenters. The van der Waals surface area contributed by atoms with E-state index in [1.165, 1.54) is 0 Å². The van der Waals surface area contributed by atoms with Gasteiger partial charge in [0.05, 0.1) is 16.8 Å². The fourth-order valence-electron chi connectivity index (χ4n) is 2.19. The van der Waals surface area contributed by atoms with Crippen LogP contribution in [-0.4, -0.2) is 0 Å². The van der Waals surface area contributed by atoms with Gasteiger partial charge in [-0.25, -0.2) is 0 Å². The molecular formula is C16H19N3. The molecule has 3 heteroatoms. The maximum Gasteiger partial charge on any atom is 0.102 e. The molecule has 0 bridgehead atoms. The van der Waals surface area contributed by atoms with E-state index < -0.39 is 0 Å². The Kier molecular flexibility index (Phi) is 5.64. The Bertz CT molecular complexity index is 545. The van der Waals surface area contributed by atoms with Crippen molar-refractivity contribution in [2.24, 2.45) is 0 Å². The van der Waals surface area contributed by atoms with Gasteiger partial charge in [0.2, 0.25) is 0 Å². The highest BCUT2D eigenvalue weighted by Gasteiger charge is 2.15. The summed E-state index contributed by atoms with van der Waals surface area (Å²) in [5.41, 5.74) is 9.03. The molecule has 3 nitrogen and oxygen atoms in total. The van der Waals surface area contributed by atoms with E-state index in [9.17, 15) is 5.26 Å². The molecule has 0 atom stereocenters. The molecule has 0 saturated carbocycles. The van der Waals surface area contributed by atoms with Crippen LogP contribution < -0.4 is 5.73 Å². The first-order valence-electron chi connectivity index (χ1n) is 6.54. The van der Waals surface area contributed by atoms with Gasteiger partial charge >= 0.3 is 0 Å². The molecular weight excluding hydrogens is 234 g/mol. The summed E-state index contributed by atoms with van der Waals surface area (Å²) >= 11 is 0. The van der Waals surface area contributed by atoms with Crippen LogP contribution in [0.1, 0.15) is 48.4 Å². The van der Waals surface area contributed by atoms with Gasteiger partial charge < -0.3 is 5.73 Å². The lowest BCUT2D eigenvalue weighted by molar-refractivity contribution is 0.713. The van der Waals surface area contributed by atoms with E-state index in [2.05, 4.69) is 25.6 Å². The highest BCUT2D eigenvalue weighted by atomic mass is 14.6. The molecule has 1 rings (SSSR count). The number of nitrogens with zero attached hydrogens (tertiary/aromatic N) is 2. The molecule has 0 amide bonds. The summed E-state index contributed by atoms with van der Waals surface area (Å²) in [7, 11) is 0. The zero-order valence-corrected chi connectivity index (χ0v) is 11.4. The Labute approximate surface area is 115 Å². The standard InChI is InChI=1S/C16H19N3/c1-3-5-6-8-14-12(7-4-2)9-13(10-17)16(19)15(14)11-18/h4,9H,2-3,5-8,19H2,1H3. The van der Waals surface area contributed by atoms with Gasteiger partial charge in [0.1, 0.15) is 12.1 Å². The largest absolute Gasteiger partial charge is 0.397 e. The molecule has 0 aliphatic rings. The first-order valence-corrected chi connectivity index (χ1v) is 6.54. The average molecular weight is 253 g/mol. The van der Waals surface area contributed by atoms with E-state index in [0.717, 1.165) is 36.8 Å². The van der Waals surface area contributed by atoms with Crippen molar-refractivity contribution in [1.82, 2.24) is 0 Å². The summed E-state index contributed by atoms with van der Waals surface area (Å²) in [6, 6.07) is 6.00. The predicted molar refractivity (Wildman–Crippen MR) is 77.4 cm³/mol. The van der Waals surface area contributed by atoms with E-state index >= 15 is 0 Å². The first-order chi connectivity index (χ1) is 9.19. The molecule has 0 aromatic heterocycles. The number of nitrogen functional groups attached to an aromatic ring is 1. The lowest BCUT2D eigenvalue weighted by atomic mass is 9.91. The topological polar surface area (TPSA) is 73.6 Å².